The summed E-state index contributed by atoms with van der Waals surface area (Å²) < 4.78 is 0.981. The standard InChI is InChI=1S/C11H12BrNO3S/c1-2-8(11(15)16)13-10(14)6-4-7-3-5-9(12)17-7/h3-6,8H,2H2,1H3,(H,13,14)(H,15,16)/t8-/m1/s1. The maximum absolute atomic E-state index is 11.4. The van der Waals surface area contributed by atoms with Gasteiger partial charge in [-0.05, 0) is 40.6 Å². The fraction of sp³-hybridized carbons (Fsp3) is 0.273. The number of halogens is 1. The highest BCUT2D eigenvalue weighted by molar-refractivity contribution is 9.11. The van der Waals surface area contributed by atoms with E-state index in [2.05, 4.69) is 21.2 Å². The quantitative estimate of drug-likeness (QED) is 0.820. The van der Waals surface area contributed by atoms with Crippen LogP contribution in [0.25, 0.3) is 6.08 Å². The minimum Gasteiger partial charge on any atom is -0.480 e. The van der Waals surface area contributed by atoms with Crippen molar-refractivity contribution in [3.63, 3.8) is 0 Å². The van der Waals surface area contributed by atoms with E-state index in [1.165, 1.54) is 17.4 Å². The average molecular weight is 318 g/mol. The summed E-state index contributed by atoms with van der Waals surface area (Å²) in [5, 5.41) is 11.2. The van der Waals surface area contributed by atoms with Gasteiger partial charge in [0.25, 0.3) is 0 Å². The van der Waals surface area contributed by atoms with Crippen molar-refractivity contribution in [1.29, 1.82) is 0 Å². The zero-order valence-corrected chi connectivity index (χ0v) is 11.5. The summed E-state index contributed by atoms with van der Waals surface area (Å²) in [5.41, 5.74) is 0. The summed E-state index contributed by atoms with van der Waals surface area (Å²) in [6.45, 7) is 1.71. The van der Waals surface area contributed by atoms with Gasteiger partial charge in [0.05, 0.1) is 3.79 Å². The molecule has 0 bridgehead atoms. The summed E-state index contributed by atoms with van der Waals surface area (Å²) in [6, 6.07) is 2.92. The van der Waals surface area contributed by atoms with Crippen molar-refractivity contribution < 1.29 is 14.7 Å². The monoisotopic (exact) mass is 317 g/mol. The average Bonchev–Trinajstić information content (AvgIpc) is 2.68. The molecule has 1 atom stereocenters. The SMILES string of the molecule is CC[C@@H](NC(=O)C=Cc1ccc(Br)s1)C(=O)O. The maximum Gasteiger partial charge on any atom is 0.326 e. The summed E-state index contributed by atoms with van der Waals surface area (Å²) in [6.07, 6.45) is 3.35. The fourth-order valence-corrected chi connectivity index (χ4v) is 2.46. The molecular weight excluding hydrogens is 306 g/mol. The zero-order valence-electron chi connectivity index (χ0n) is 9.14. The highest BCUT2D eigenvalue weighted by Gasteiger charge is 2.15. The Morgan fingerprint density at radius 3 is 2.76 bits per heavy atom. The molecule has 0 radical (unpaired) electrons. The normalized spacial score (nSPS) is 12.6. The fourth-order valence-electron chi connectivity index (χ4n) is 1.13. The van der Waals surface area contributed by atoms with Gasteiger partial charge in [-0.2, -0.15) is 0 Å². The van der Waals surface area contributed by atoms with E-state index in [1.807, 2.05) is 12.1 Å². The van der Waals surface area contributed by atoms with Crippen LogP contribution in [0.5, 0.6) is 0 Å². The third-order valence-electron chi connectivity index (χ3n) is 2.02. The third-order valence-corrected chi connectivity index (χ3v) is 3.60. The van der Waals surface area contributed by atoms with Crippen LogP contribution in [0.4, 0.5) is 0 Å². The number of amides is 1. The summed E-state index contributed by atoms with van der Waals surface area (Å²) in [4.78, 5) is 23.1. The molecule has 92 valence electrons. The molecule has 0 spiro atoms. The van der Waals surface area contributed by atoms with E-state index in [9.17, 15) is 9.59 Å². The lowest BCUT2D eigenvalue weighted by Gasteiger charge is -2.09. The lowest BCUT2D eigenvalue weighted by atomic mass is 10.2. The Morgan fingerprint density at radius 1 is 1.59 bits per heavy atom. The van der Waals surface area contributed by atoms with E-state index >= 15 is 0 Å². The van der Waals surface area contributed by atoms with Crippen molar-refractivity contribution in [2.24, 2.45) is 0 Å². The van der Waals surface area contributed by atoms with Crippen LogP contribution in [0.15, 0.2) is 22.0 Å². The number of carboxylic acid groups (broad SMARTS) is 1. The number of carboxylic acids is 1. The third kappa shape index (κ3) is 4.70. The topological polar surface area (TPSA) is 66.4 Å². The number of thiophene rings is 1. The molecule has 0 aromatic carbocycles. The smallest absolute Gasteiger partial charge is 0.326 e. The minimum atomic E-state index is -1.02. The largest absolute Gasteiger partial charge is 0.480 e. The number of hydrogen-bond donors (Lipinski definition) is 2. The molecule has 6 heteroatoms. The molecule has 0 aliphatic rings. The lowest BCUT2D eigenvalue weighted by molar-refractivity contribution is -0.141. The Bertz CT molecular complexity index is 442. The van der Waals surface area contributed by atoms with Gasteiger partial charge in [0, 0.05) is 11.0 Å². The molecule has 17 heavy (non-hydrogen) atoms. The molecule has 0 unspecified atom stereocenters. The molecule has 0 fully saturated rings. The van der Waals surface area contributed by atoms with Crippen LogP contribution in [-0.4, -0.2) is 23.0 Å². The number of carbonyl (C=O) groups excluding carboxylic acids is 1. The van der Waals surface area contributed by atoms with Crippen molar-refractivity contribution in [1.82, 2.24) is 5.32 Å². The van der Waals surface area contributed by atoms with Crippen LogP contribution in [0.1, 0.15) is 18.2 Å². The molecule has 1 amide bonds. The molecule has 4 nitrogen and oxygen atoms in total. The number of aliphatic carboxylic acids is 1. The molecule has 0 aliphatic carbocycles. The van der Waals surface area contributed by atoms with E-state index in [1.54, 1.807) is 13.0 Å². The van der Waals surface area contributed by atoms with Crippen molar-refractivity contribution >= 4 is 45.2 Å². The first-order valence-corrected chi connectivity index (χ1v) is 6.60. The van der Waals surface area contributed by atoms with Crippen LogP contribution in [0, 0.1) is 0 Å². The second-order valence-electron chi connectivity index (χ2n) is 3.28. The second kappa shape index (κ2) is 6.56. The molecule has 1 aromatic rings. The van der Waals surface area contributed by atoms with Crippen molar-refractivity contribution in [2.75, 3.05) is 0 Å². The van der Waals surface area contributed by atoms with Gasteiger partial charge in [-0.3, -0.25) is 4.79 Å². The predicted molar refractivity (Wildman–Crippen MR) is 70.9 cm³/mol. The number of carbonyl (C=O) groups is 2. The van der Waals surface area contributed by atoms with E-state index < -0.39 is 17.9 Å². The molecule has 2 N–H and O–H groups in total. The molecule has 0 aliphatic heterocycles. The molecule has 0 saturated carbocycles. The van der Waals surface area contributed by atoms with E-state index in [4.69, 9.17) is 5.11 Å². The van der Waals surface area contributed by atoms with Crippen LogP contribution < -0.4 is 5.32 Å². The minimum absolute atomic E-state index is 0.361. The van der Waals surface area contributed by atoms with Crippen molar-refractivity contribution in [3.05, 3.63) is 26.9 Å². The van der Waals surface area contributed by atoms with Gasteiger partial charge >= 0.3 is 5.97 Å². The Labute approximate surface area is 111 Å². The Hall–Kier alpha value is -1.14. The number of rotatable bonds is 5. The van der Waals surface area contributed by atoms with Gasteiger partial charge in [0.15, 0.2) is 0 Å². The highest BCUT2D eigenvalue weighted by Crippen LogP contribution is 2.22. The summed E-state index contributed by atoms with van der Waals surface area (Å²) in [5.74, 6) is -1.42. The lowest BCUT2D eigenvalue weighted by Crippen LogP contribution is -2.39. The zero-order chi connectivity index (χ0) is 12.8. The Morgan fingerprint density at radius 2 is 2.29 bits per heavy atom. The molecule has 1 heterocycles. The van der Waals surface area contributed by atoms with Gasteiger partial charge in [-0.1, -0.05) is 6.92 Å². The number of nitrogens with one attached hydrogen (secondary N) is 1. The summed E-state index contributed by atoms with van der Waals surface area (Å²) >= 11 is 4.81. The van der Waals surface area contributed by atoms with Crippen molar-refractivity contribution in [3.8, 4) is 0 Å². The van der Waals surface area contributed by atoms with Gasteiger partial charge in [-0.25, -0.2) is 4.79 Å². The van der Waals surface area contributed by atoms with Crippen LogP contribution in [-0.2, 0) is 9.59 Å². The van der Waals surface area contributed by atoms with Gasteiger partial charge in [0.2, 0.25) is 5.91 Å². The van der Waals surface area contributed by atoms with Crippen molar-refractivity contribution in [2.45, 2.75) is 19.4 Å². The number of hydrogen-bond acceptors (Lipinski definition) is 3. The molecule has 1 aromatic heterocycles. The Kier molecular flexibility index (Phi) is 5.37. The Balaban J connectivity index is 2.54. The van der Waals surface area contributed by atoms with Gasteiger partial charge in [0.1, 0.15) is 6.04 Å². The first-order valence-electron chi connectivity index (χ1n) is 4.99. The first kappa shape index (κ1) is 13.9. The van der Waals surface area contributed by atoms with E-state index in [0.717, 1.165) is 8.66 Å². The van der Waals surface area contributed by atoms with Gasteiger partial charge in [-0.15, -0.1) is 11.3 Å². The van der Waals surface area contributed by atoms with Crippen LogP contribution >= 0.6 is 27.3 Å². The molecule has 1 rings (SSSR count). The van der Waals surface area contributed by atoms with Crippen LogP contribution in [0.3, 0.4) is 0 Å². The van der Waals surface area contributed by atoms with Crippen LogP contribution in [0.2, 0.25) is 0 Å². The molecule has 0 saturated heterocycles. The summed E-state index contributed by atoms with van der Waals surface area (Å²) in [7, 11) is 0. The molecular formula is C11H12BrNO3S. The van der Waals surface area contributed by atoms with Gasteiger partial charge < -0.3 is 10.4 Å². The first-order chi connectivity index (χ1) is 8.02. The van der Waals surface area contributed by atoms with E-state index in [0.29, 0.717) is 6.42 Å². The maximum atomic E-state index is 11.4. The predicted octanol–water partition coefficient (Wildman–Crippen LogP) is 2.50. The second-order valence-corrected chi connectivity index (χ2v) is 5.78. The van der Waals surface area contributed by atoms with E-state index in [-0.39, 0.29) is 0 Å². The highest BCUT2D eigenvalue weighted by atomic mass is 79.9.